The maximum atomic E-state index is 13.7. The molecule has 188 valence electrons. The summed E-state index contributed by atoms with van der Waals surface area (Å²) >= 11 is 1.75. The third kappa shape index (κ3) is 5.65. The molecule has 2 aromatic carbocycles. The van der Waals surface area contributed by atoms with Crippen molar-refractivity contribution in [2.24, 2.45) is 0 Å². The van der Waals surface area contributed by atoms with Crippen molar-refractivity contribution in [2.75, 3.05) is 19.7 Å². The van der Waals surface area contributed by atoms with E-state index in [9.17, 15) is 9.59 Å². The standard InChI is InChI=1S/C30H34N2O3S/c1-21(2)23-8-12-25(13-9-23)35-20-27-26-15-17-36-28(26)14-16-31(27)30(34)19-32(24-10-11-24)29(33)18-22-6-4-3-5-7-22/h3-9,12-13,15,17,21,24,27H,10-11,14,16,18-20H2,1-2H3. The van der Waals surface area contributed by atoms with Gasteiger partial charge in [0.25, 0.3) is 0 Å². The molecule has 5 rings (SSSR count). The Bertz CT molecular complexity index is 1180. The highest BCUT2D eigenvalue weighted by Gasteiger charge is 2.37. The summed E-state index contributed by atoms with van der Waals surface area (Å²) in [4.78, 5) is 31.9. The number of nitrogens with zero attached hydrogens (tertiary/aromatic N) is 2. The van der Waals surface area contributed by atoms with Crippen LogP contribution in [0.4, 0.5) is 0 Å². The molecule has 1 atom stereocenters. The minimum Gasteiger partial charge on any atom is -0.491 e. The first kappa shape index (κ1) is 24.6. The number of carbonyl (C=O) groups is 2. The van der Waals surface area contributed by atoms with Gasteiger partial charge in [-0.2, -0.15) is 0 Å². The Morgan fingerprint density at radius 2 is 1.81 bits per heavy atom. The molecule has 1 aliphatic carbocycles. The van der Waals surface area contributed by atoms with Crippen LogP contribution in [0.25, 0.3) is 0 Å². The second-order valence-electron chi connectivity index (χ2n) is 10.1. The zero-order valence-corrected chi connectivity index (χ0v) is 21.9. The van der Waals surface area contributed by atoms with Crippen LogP contribution in [0.5, 0.6) is 5.75 Å². The molecule has 5 nitrogen and oxygen atoms in total. The van der Waals surface area contributed by atoms with Gasteiger partial charge in [0.1, 0.15) is 18.9 Å². The van der Waals surface area contributed by atoms with Crippen molar-refractivity contribution in [1.29, 1.82) is 0 Å². The molecule has 0 N–H and O–H groups in total. The van der Waals surface area contributed by atoms with Crippen molar-refractivity contribution < 1.29 is 14.3 Å². The number of hydrogen-bond acceptors (Lipinski definition) is 4. The highest BCUT2D eigenvalue weighted by molar-refractivity contribution is 7.10. The van der Waals surface area contributed by atoms with E-state index >= 15 is 0 Å². The molecule has 1 aromatic heterocycles. The van der Waals surface area contributed by atoms with E-state index in [0.29, 0.717) is 25.5 Å². The van der Waals surface area contributed by atoms with E-state index in [1.54, 1.807) is 16.2 Å². The SMILES string of the molecule is CC(C)c1ccc(OCC2c3ccsc3CCN2C(=O)CN(C(=O)Cc2ccccc2)C2CC2)cc1. The number of carbonyl (C=O) groups excluding carboxylic acids is 2. The van der Waals surface area contributed by atoms with E-state index in [1.807, 2.05) is 47.4 Å². The summed E-state index contributed by atoms with van der Waals surface area (Å²) in [7, 11) is 0. The Kier molecular flexibility index (Phi) is 7.42. The van der Waals surface area contributed by atoms with E-state index in [2.05, 4.69) is 37.4 Å². The lowest BCUT2D eigenvalue weighted by Crippen LogP contribution is -2.48. The minimum absolute atomic E-state index is 0.00363. The second-order valence-corrected chi connectivity index (χ2v) is 11.1. The van der Waals surface area contributed by atoms with E-state index in [0.717, 1.165) is 30.6 Å². The van der Waals surface area contributed by atoms with Crippen molar-refractivity contribution in [3.05, 3.63) is 87.6 Å². The number of rotatable bonds is 9. The van der Waals surface area contributed by atoms with Gasteiger partial charge in [-0.05, 0) is 65.4 Å². The van der Waals surface area contributed by atoms with Gasteiger partial charge < -0.3 is 14.5 Å². The third-order valence-corrected chi connectivity index (χ3v) is 8.18. The summed E-state index contributed by atoms with van der Waals surface area (Å²) in [6, 6.07) is 20.2. The fourth-order valence-electron chi connectivity index (χ4n) is 4.91. The first-order valence-electron chi connectivity index (χ1n) is 12.9. The largest absolute Gasteiger partial charge is 0.491 e. The Balaban J connectivity index is 1.29. The lowest BCUT2D eigenvalue weighted by molar-refractivity contribution is -0.143. The molecular weight excluding hydrogens is 468 g/mol. The maximum absolute atomic E-state index is 13.7. The van der Waals surface area contributed by atoms with Crippen LogP contribution in [-0.4, -0.2) is 47.4 Å². The predicted octanol–water partition coefficient (Wildman–Crippen LogP) is 5.61. The molecule has 1 fully saturated rings. The highest BCUT2D eigenvalue weighted by atomic mass is 32.1. The molecule has 1 unspecified atom stereocenters. The van der Waals surface area contributed by atoms with Crippen molar-refractivity contribution in [1.82, 2.24) is 9.80 Å². The second kappa shape index (κ2) is 10.9. The predicted molar refractivity (Wildman–Crippen MR) is 143 cm³/mol. The van der Waals surface area contributed by atoms with Crippen LogP contribution in [0.2, 0.25) is 0 Å². The summed E-state index contributed by atoms with van der Waals surface area (Å²) < 4.78 is 6.21. The van der Waals surface area contributed by atoms with Crippen molar-refractivity contribution in [3.63, 3.8) is 0 Å². The molecule has 6 heteroatoms. The summed E-state index contributed by atoms with van der Waals surface area (Å²) in [6.45, 7) is 5.54. The average molecular weight is 503 g/mol. The van der Waals surface area contributed by atoms with E-state index in [1.165, 1.54) is 16.0 Å². The average Bonchev–Trinajstić information content (AvgIpc) is 3.61. The van der Waals surface area contributed by atoms with Gasteiger partial charge in [-0.25, -0.2) is 0 Å². The summed E-state index contributed by atoms with van der Waals surface area (Å²) in [6.07, 6.45) is 3.13. The van der Waals surface area contributed by atoms with Gasteiger partial charge in [-0.1, -0.05) is 56.3 Å². The lowest BCUT2D eigenvalue weighted by atomic mass is 10.00. The molecular formula is C30H34N2O3S. The molecule has 36 heavy (non-hydrogen) atoms. The van der Waals surface area contributed by atoms with Gasteiger partial charge in [-0.15, -0.1) is 11.3 Å². The van der Waals surface area contributed by atoms with Gasteiger partial charge in [0, 0.05) is 17.5 Å². The van der Waals surface area contributed by atoms with Gasteiger partial charge >= 0.3 is 0 Å². The fourth-order valence-corrected chi connectivity index (χ4v) is 5.84. The van der Waals surface area contributed by atoms with Crippen LogP contribution in [0.1, 0.15) is 60.2 Å². The van der Waals surface area contributed by atoms with E-state index < -0.39 is 0 Å². The van der Waals surface area contributed by atoms with Crippen LogP contribution < -0.4 is 4.74 Å². The van der Waals surface area contributed by atoms with Crippen LogP contribution in [0, 0.1) is 0 Å². The van der Waals surface area contributed by atoms with Crippen molar-refractivity contribution in [2.45, 2.75) is 57.5 Å². The van der Waals surface area contributed by atoms with E-state index in [4.69, 9.17) is 4.74 Å². The van der Waals surface area contributed by atoms with Crippen LogP contribution >= 0.6 is 11.3 Å². The third-order valence-electron chi connectivity index (χ3n) is 7.18. The smallest absolute Gasteiger partial charge is 0.242 e. The molecule has 1 saturated carbocycles. The minimum atomic E-state index is -0.150. The molecule has 0 bridgehead atoms. The normalized spacial score (nSPS) is 17.1. The Labute approximate surface area is 217 Å². The van der Waals surface area contributed by atoms with Crippen LogP contribution in [0.15, 0.2) is 66.0 Å². The number of fused-ring (bicyclic) bond motifs is 1. The lowest BCUT2D eigenvalue weighted by Gasteiger charge is -2.37. The first-order chi connectivity index (χ1) is 17.5. The van der Waals surface area contributed by atoms with Gasteiger partial charge in [0.05, 0.1) is 12.5 Å². The molecule has 0 radical (unpaired) electrons. The van der Waals surface area contributed by atoms with Gasteiger partial charge in [-0.3, -0.25) is 9.59 Å². The topological polar surface area (TPSA) is 49.9 Å². The molecule has 3 aromatic rings. The number of thiophene rings is 1. The number of amides is 2. The molecule has 2 heterocycles. The molecule has 0 saturated heterocycles. The zero-order valence-electron chi connectivity index (χ0n) is 21.1. The Morgan fingerprint density at radius 1 is 1.06 bits per heavy atom. The highest BCUT2D eigenvalue weighted by Crippen LogP contribution is 2.35. The summed E-state index contributed by atoms with van der Waals surface area (Å²) in [5.74, 6) is 1.32. The monoisotopic (exact) mass is 502 g/mol. The first-order valence-corrected chi connectivity index (χ1v) is 13.8. The van der Waals surface area contributed by atoms with Crippen molar-refractivity contribution in [3.8, 4) is 5.75 Å². The Hall–Kier alpha value is -3.12. The fraction of sp³-hybridized carbons (Fsp3) is 0.400. The summed E-state index contributed by atoms with van der Waals surface area (Å²) in [5, 5.41) is 2.10. The number of benzene rings is 2. The molecule has 1 aliphatic heterocycles. The Morgan fingerprint density at radius 3 is 2.50 bits per heavy atom. The van der Waals surface area contributed by atoms with Crippen LogP contribution in [0.3, 0.4) is 0 Å². The number of hydrogen-bond donors (Lipinski definition) is 0. The zero-order chi connectivity index (χ0) is 25.1. The molecule has 0 spiro atoms. The van der Waals surface area contributed by atoms with Gasteiger partial charge in [0.2, 0.25) is 11.8 Å². The quantitative estimate of drug-likeness (QED) is 0.382. The van der Waals surface area contributed by atoms with Gasteiger partial charge in [0.15, 0.2) is 0 Å². The molecule has 2 amide bonds. The number of ether oxygens (including phenoxy) is 1. The van der Waals surface area contributed by atoms with Crippen LogP contribution in [-0.2, 0) is 22.4 Å². The van der Waals surface area contributed by atoms with Crippen molar-refractivity contribution >= 4 is 23.2 Å². The van der Waals surface area contributed by atoms with E-state index in [-0.39, 0.29) is 30.4 Å². The summed E-state index contributed by atoms with van der Waals surface area (Å²) in [5.41, 5.74) is 3.43. The maximum Gasteiger partial charge on any atom is 0.242 e. The molecule has 2 aliphatic rings.